The van der Waals surface area contributed by atoms with E-state index in [2.05, 4.69) is 15.4 Å². The van der Waals surface area contributed by atoms with Crippen molar-refractivity contribution in [2.24, 2.45) is 0 Å². The van der Waals surface area contributed by atoms with Crippen molar-refractivity contribution >= 4 is 16.9 Å². The molecule has 2 aromatic heterocycles. The SMILES string of the molecule is CC(=O)NCCn1ncc2c(=O)n(Cc3ccccc3C)cnc21. The minimum Gasteiger partial charge on any atom is -0.354 e. The number of carbonyl (C=O) groups excluding carboxylic acids is 1. The number of aromatic nitrogens is 4. The predicted octanol–water partition coefficient (Wildman–Crippen LogP) is 1.09. The highest BCUT2D eigenvalue weighted by Gasteiger charge is 2.10. The van der Waals surface area contributed by atoms with Crippen LogP contribution in [0, 0.1) is 6.92 Å². The molecule has 0 spiro atoms. The van der Waals surface area contributed by atoms with Gasteiger partial charge in [-0.1, -0.05) is 24.3 Å². The Bertz CT molecular complexity index is 942. The summed E-state index contributed by atoms with van der Waals surface area (Å²) in [6.07, 6.45) is 3.08. The van der Waals surface area contributed by atoms with Crippen LogP contribution in [0.5, 0.6) is 0 Å². The summed E-state index contributed by atoms with van der Waals surface area (Å²) in [5.41, 5.74) is 2.63. The Hall–Kier alpha value is -2.96. The first kappa shape index (κ1) is 15.9. The average molecular weight is 325 g/mol. The molecule has 0 aliphatic heterocycles. The molecule has 0 bridgehead atoms. The van der Waals surface area contributed by atoms with E-state index in [4.69, 9.17) is 0 Å². The van der Waals surface area contributed by atoms with Gasteiger partial charge in [-0.2, -0.15) is 5.10 Å². The lowest BCUT2D eigenvalue weighted by Gasteiger charge is -2.08. The van der Waals surface area contributed by atoms with Gasteiger partial charge in [-0.15, -0.1) is 0 Å². The van der Waals surface area contributed by atoms with Crippen LogP contribution in [0.25, 0.3) is 11.0 Å². The van der Waals surface area contributed by atoms with Crippen molar-refractivity contribution in [3.05, 3.63) is 58.3 Å². The lowest BCUT2D eigenvalue weighted by atomic mass is 10.1. The number of benzene rings is 1. The molecule has 1 N–H and O–H groups in total. The van der Waals surface area contributed by atoms with Gasteiger partial charge < -0.3 is 5.32 Å². The highest BCUT2D eigenvalue weighted by Crippen LogP contribution is 2.10. The minimum absolute atomic E-state index is 0.0972. The number of carbonyl (C=O) groups is 1. The standard InChI is InChI=1S/C17H19N5O2/c1-12-5-3-4-6-14(12)10-21-11-19-16-15(17(21)24)9-20-22(16)8-7-18-13(2)23/h3-6,9,11H,7-8,10H2,1-2H3,(H,18,23). The predicted molar refractivity (Wildman–Crippen MR) is 90.8 cm³/mol. The summed E-state index contributed by atoms with van der Waals surface area (Å²) in [5, 5.41) is 7.39. The number of amides is 1. The van der Waals surface area contributed by atoms with Gasteiger partial charge in [-0.05, 0) is 18.1 Å². The molecule has 0 aliphatic carbocycles. The molecule has 0 aliphatic rings. The highest BCUT2D eigenvalue weighted by molar-refractivity contribution is 5.73. The Morgan fingerprint density at radius 3 is 2.83 bits per heavy atom. The van der Waals surface area contributed by atoms with Gasteiger partial charge in [-0.3, -0.25) is 14.2 Å². The van der Waals surface area contributed by atoms with E-state index in [-0.39, 0.29) is 11.5 Å². The molecule has 3 rings (SSSR count). The van der Waals surface area contributed by atoms with E-state index >= 15 is 0 Å². The van der Waals surface area contributed by atoms with Crippen LogP contribution in [0.15, 0.2) is 41.6 Å². The van der Waals surface area contributed by atoms with E-state index < -0.39 is 0 Å². The average Bonchev–Trinajstić information content (AvgIpc) is 2.96. The van der Waals surface area contributed by atoms with Gasteiger partial charge >= 0.3 is 0 Å². The molecule has 0 saturated carbocycles. The molecule has 3 aromatic rings. The Morgan fingerprint density at radius 2 is 2.08 bits per heavy atom. The van der Waals surface area contributed by atoms with Crippen molar-refractivity contribution in [1.29, 1.82) is 0 Å². The van der Waals surface area contributed by atoms with E-state index in [1.165, 1.54) is 13.1 Å². The minimum atomic E-state index is -0.117. The van der Waals surface area contributed by atoms with E-state index in [9.17, 15) is 9.59 Å². The summed E-state index contributed by atoms with van der Waals surface area (Å²) < 4.78 is 3.22. The van der Waals surface area contributed by atoms with Gasteiger partial charge in [0.25, 0.3) is 5.56 Å². The summed E-state index contributed by atoms with van der Waals surface area (Å²) in [5.74, 6) is -0.0972. The van der Waals surface area contributed by atoms with Crippen LogP contribution < -0.4 is 10.9 Å². The van der Waals surface area contributed by atoms with Crippen LogP contribution in [0.2, 0.25) is 0 Å². The number of nitrogens with one attached hydrogen (secondary N) is 1. The molecular weight excluding hydrogens is 306 g/mol. The van der Waals surface area contributed by atoms with Gasteiger partial charge in [0.15, 0.2) is 5.65 Å². The lowest BCUT2D eigenvalue weighted by Crippen LogP contribution is -2.25. The van der Waals surface area contributed by atoms with Crippen molar-refractivity contribution < 1.29 is 4.79 Å². The van der Waals surface area contributed by atoms with E-state index in [1.54, 1.807) is 15.6 Å². The number of rotatable bonds is 5. The van der Waals surface area contributed by atoms with Crippen molar-refractivity contribution in [1.82, 2.24) is 24.6 Å². The quantitative estimate of drug-likeness (QED) is 0.761. The maximum atomic E-state index is 12.6. The van der Waals surface area contributed by atoms with Gasteiger partial charge in [0.05, 0.1) is 19.3 Å². The molecule has 0 atom stereocenters. The number of aryl methyl sites for hydroxylation is 1. The molecule has 2 heterocycles. The van der Waals surface area contributed by atoms with E-state index in [0.717, 1.165) is 11.1 Å². The third-order valence-electron chi connectivity index (χ3n) is 3.92. The number of hydrogen-bond donors (Lipinski definition) is 1. The maximum absolute atomic E-state index is 12.6. The summed E-state index contributed by atoms with van der Waals surface area (Å²) in [6, 6.07) is 7.96. The van der Waals surface area contributed by atoms with E-state index in [0.29, 0.717) is 30.7 Å². The van der Waals surface area contributed by atoms with Crippen LogP contribution >= 0.6 is 0 Å². The Morgan fingerprint density at radius 1 is 1.29 bits per heavy atom. The smallest absolute Gasteiger partial charge is 0.264 e. The number of fused-ring (bicyclic) bond motifs is 1. The molecule has 0 saturated heterocycles. The monoisotopic (exact) mass is 325 g/mol. The van der Waals surface area contributed by atoms with Crippen molar-refractivity contribution in [2.75, 3.05) is 6.54 Å². The topological polar surface area (TPSA) is 81.8 Å². The number of nitrogens with zero attached hydrogens (tertiary/aromatic N) is 4. The van der Waals surface area contributed by atoms with Crippen LogP contribution in [0.3, 0.4) is 0 Å². The normalized spacial score (nSPS) is 10.9. The first-order valence-electron chi connectivity index (χ1n) is 7.76. The molecular formula is C17H19N5O2. The second kappa shape index (κ2) is 6.66. The number of hydrogen-bond acceptors (Lipinski definition) is 4. The fraction of sp³-hybridized carbons (Fsp3) is 0.294. The van der Waals surface area contributed by atoms with Gasteiger partial charge in [0.1, 0.15) is 11.7 Å². The highest BCUT2D eigenvalue weighted by atomic mass is 16.1. The fourth-order valence-electron chi connectivity index (χ4n) is 2.58. The Labute approximate surface area is 138 Å². The van der Waals surface area contributed by atoms with E-state index in [1.807, 2.05) is 31.2 Å². The molecule has 0 radical (unpaired) electrons. The van der Waals surface area contributed by atoms with Crippen LogP contribution in [-0.2, 0) is 17.9 Å². The first-order chi connectivity index (χ1) is 11.6. The second-order valence-electron chi connectivity index (χ2n) is 5.69. The molecule has 24 heavy (non-hydrogen) atoms. The molecule has 0 fully saturated rings. The lowest BCUT2D eigenvalue weighted by molar-refractivity contribution is -0.118. The summed E-state index contributed by atoms with van der Waals surface area (Å²) in [6.45, 7) is 4.87. The molecule has 1 aromatic carbocycles. The Kier molecular flexibility index (Phi) is 4.41. The van der Waals surface area contributed by atoms with Crippen LogP contribution in [-0.4, -0.2) is 31.8 Å². The third kappa shape index (κ3) is 3.19. The zero-order valence-corrected chi connectivity index (χ0v) is 13.7. The van der Waals surface area contributed by atoms with Crippen molar-refractivity contribution in [3.8, 4) is 0 Å². The van der Waals surface area contributed by atoms with Gasteiger partial charge in [0, 0.05) is 13.5 Å². The summed E-state index contributed by atoms with van der Waals surface area (Å²) in [4.78, 5) is 27.9. The first-order valence-corrected chi connectivity index (χ1v) is 7.76. The molecule has 7 nitrogen and oxygen atoms in total. The summed E-state index contributed by atoms with van der Waals surface area (Å²) >= 11 is 0. The third-order valence-corrected chi connectivity index (χ3v) is 3.92. The fourth-order valence-corrected chi connectivity index (χ4v) is 2.58. The zero-order valence-electron chi connectivity index (χ0n) is 13.7. The maximum Gasteiger partial charge on any atom is 0.264 e. The molecule has 0 unspecified atom stereocenters. The van der Waals surface area contributed by atoms with Crippen LogP contribution in [0.1, 0.15) is 18.1 Å². The largest absolute Gasteiger partial charge is 0.354 e. The zero-order chi connectivity index (χ0) is 17.1. The van der Waals surface area contributed by atoms with Crippen LogP contribution in [0.4, 0.5) is 0 Å². The molecule has 124 valence electrons. The van der Waals surface area contributed by atoms with Crippen molar-refractivity contribution in [3.63, 3.8) is 0 Å². The molecule has 1 amide bonds. The summed E-state index contributed by atoms with van der Waals surface area (Å²) in [7, 11) is 0. The molecule has 7 heteroatoms. The van der Waals surface area contributed by atoms with Gasteiger partial charge in [-0.25, -0.2) is 9.67 Å². The van der Waals surface area contributed by atoms with Crippen molar-refractivity contribution in [2.45, 2.75) is 26.9 Å². The van der Waals surface area contributed by atoms with Gasteiger partial charge in [0.2, 0.25) is 5.91 Å². The second-order valence-corrected chi connectivity index (χ2v) is 5.69. The Balaban J connectivity index is 1.88.